The van der Waals surface area contributed by atoms with E-state index in [9.17, 15) is 4.11 Å². The second-order valence-corrected chi connectivity index (χ2v) is 17.6. The number of anilines is 4. The van der Waals surface area contributed by atoms with E-state index >= 15 is 0 Å². The minimum absolute atomic E-state index is 0.0387. The van der Waals surface area contributed by atoms with Crippen LogP contribution in [0.15, 0.2) is 194 Å². The summed E-state index contributed by atoms with van der Waals surface area (Å²) in [4.78, 5) is 9.60. The molecular weight excluding hydrogens is 797 g/mol. The Morgan fingerprint density at radius 1 is 0.554 bits per heavy atom. The van der Waals surface area contributed by atoms with Gasteiger partial charge in [-0.2, -0.15) is 0 Å². The first-order chi connectivity index (χ1) is 34.2. The first kappa shape index (κ1) is 32.6. The van der Waals surface area contributed by atoms with E-state index in [1.807, 2.05) is 106 Å². The zero-order valence-corrected chi connectivity index (χ0v) is 36.1. The van der Waals surface area contributed by atoms with E-state index in [2.05, 4.69) is 88.7 Å². The molecule has 6 heteroatoms. The molecule has 0 spiro atoms. The molecule has 6 nitrogen and oxygen atoms in total. The predicted molar refractivity (Wildman–Crippen MR) is 267 cm³/mol. The minimum atomic E-state index is -2.59. The van der Waals surface area contributed by atoms with Crippen LogP contribution in [0.5, 0.6) is 23.0 Å². The molecule has 314 valence electrons. The Bertz CT molecular complexity index is 3790. The number of pyridine rings is 1. The van der Waals surface area contributed by atoms with Gasteiger partial charge in [-0.1, -0.05) is 118 Å². The molecule has 13 rings (SSSR count). The van der Waals surface area contributed by atoms with Crippen molar-refractivity contribution in [2.24, 2.45) is 0 Å². The Morgan fingerprint density at radius 2 is 1.18 bits per heavy atom. The lowest BCUT2D eigenvalue weighted by molar-refractivity contribution is 0.483. The van der Waals surface area contributed by atoms with Gasteiger partial charge in [-0.25, -0.2) is 4.98 Å². The van der Waals surface area contributed by atoms with E-state index < -0.39 is 12.3 Å². The molecule has 0 amide bonds. The van der Waals surface area contributed by atoms with Crippen molar-refractivity contribution in [3.05, 3.63) is 205 Å². The number of rotatable bonds is 1. The number of hydrogen-bond acceptors (Lipinski definition) is 5. The van der Waals surface area contributed by atoms with Gasteiger partial charge >= 0.3 is 0 Å². The van der Waals surface area contributed by atoms with Crippen LogP contribution in [-0.4, -0.2) is 16.2 Å². The number of fused-ring (bicyclic) bond motifs is 5. The fourth-order valence-corrected chi connectivity index (χ4v) is 9.25. The third-order valence-corrected chi connectivity index (χ3v) is 12.4. The van der Waals surface area contributed by atoms with Crippen molar-refractivity contribution in [1.29, 1.82) is 0 Å². The van der Waals surface area contributed by atoms with Gasteiger partial charge < -0.3 is 19.3 Å². The Balaban J connectivity index is 1.12. The second kappa shape index (κ2) is 15.0. The fourth-order valence-electron chi connectivity index (χ4n) is 9.25. The normalized spacial score (nSPS) is 14.6. The number of hydrogen-bond donors (Lipinski definition) is 0. The van der Waals surface area contributed by atoms with Crippen molar-refractivity contribution < 1.29 is 17.7 Å². The number of nitrogens with zero attached hydrogens (tertiary/aromatic N) is 4. The summed E-state index contributed by atoms with van der Waals surface area (Å²) < 4.78 is 70.1. The molecule has 3 aliphatic heterocycles. The van der Waals surface area contributed by atoms with Gasteiger partial charge in [-0.15, -0.1) is 0 Å². The summed E-state index contributed by atoms with van der Waals surface area (Å²) in [7, 11) is 0. The van der Waals surface area contributed by atoms with E-state index in [1.54, 1.807) is 10.8 Å². The number of aryl methyl sites for hydroxylation is 1. The Hall–Kier alpha value is -8.09. The van der Waals surface area contributed by atoms with Crippen LogP contribution in [0.4, 0.5) is 22.7 Å². The van der Waals surface area contributed by atoms with Crippen LogP contribution >= 0.6 is 0 Å². The number of aromatic nitrogens is 2. The van der Waals surface area contributed by atoms with E-state index in [4.69, 9.17) is 18.6 Å². The number of para-hydroxylation sites is 3. The lowest BCUT2D eigenvalue weighted by Gasteiger charge is -2.27. The van der Waals surface area contributed by atoms with Crippen molar-refractivity contribution in [2.45, 2.75) is 33.0 Å². The molecule has 0 radical (unpaired) electrons. The molecule has 0 saturated carbocycles. The van der Waals surface area contributed by atoms with Crippen molar-refractivity contribution >= 4 is 44.6 Å². The summed E-state index contributed by atoms with van der Waals surface area (Å²) in [6.07, 6.45) is 1.55. The van der Waals surface area contributed by atoms with Gasteiger partial charge in [0.2, 0.25) is 0 Å². The maximum Gasteiger partial charge on any atom is 0.137 e. The SMILES string of the molecule is [2H]c1c(C(C)(C)C)c([2H])c2c3ccc4cc3n(c2c1[2H])-c1cc(C([2H])([2H])[2H])c(cn1)-c1cccc(c1)Oc1cccc(c1)-c1cccc(-c2ccccc2)c1N1CN(c2cccc(c2)O4)c2ccccc21. The quantitative estimate of drug-likeness (QED) is 0.165. The van der Waals surface area contributed by atoms with E-state index in [-0.39, 0.29) is 35.0 Å². The van der Waals surface area contributed by atoms with Gasteiger partial charge in [0.15, 0.2) is 0 Å². The van der Waals surface area contributed by atoms with Gasteiger partial charge in [-0.3, -0.25) is 4.57 Å². The molecule has 0 unspecified atom stereocenters. The van der Waals surface area contributed by atoms with Crippen LogP contribution in [0, 0.1) is 6.85 Å². The molecule has 8 aromatic carbocycles. The van der Waals surface area contributed by atoms with Crippen molar-refractivity contribution in [3.8, 4) is 62.2 Å². The highest BCUT2D eigenvalue weighted by Gasteiger charge is 2.31. The summed E-state index contributed by atoms with van der Waals surface area (Å²) >= 11 is 0. The third-order valence-electron chi connectivity index (χ3n) is 12.4. The average Bonchev–Trinajstić information content (AvgIpc) is 3.92. The first-order valence-electron chi connectivity index (χ1n) is 24.8. The molecule has 0 saturated heterocycles. The Morgan fingerprint density at radius 3 is 1.92 bits per heavy atom. The Kier molecular flexibility index (Phi) is 7.53. The van der Waals surface area contributed by atoms with Crippen molar-refractivity contribution in [2.75, 3.05) is 16.5 Å². The Labute approximate surface area is 387 Å². The molecule has 3 aliphatic rings. The highest BCUT2D eigenvalue weighted by atomic mass is 16.5. The fraction of sp³-hybridized carbons (Fsp3) is 0.102. The molecule has 10 aromatic rings. The molecule has 0 aliphatic carbocycles. The second-order valence-electron chi connectivity index (χ2n) is 17.6. The van der Waals surface area contributed by atoms with Crippen molar-refractivity contribution in [1.82, 2.24) is 9.55 Å². The molecule has 5 heterocycles. The topological polar surface area (TPSA) is 42.8 Å². The molecule has 65 heavy (non-hydrogen) atoms. The van der Waals surface area contributed by atoms with Gasteiger partial charge in [0.25, 0.3) is 0 Å². The van der Waals surface area contributed by atoms with Crippen LogP contribution in [-0.2, 0) is 5.41 Å². The summed E-state index contributed by atoms with van der Waals surface area (Å²) in [5.74, 6) is 2.39. The first-order valence-corrected chi connectivity index (χ1v) is 21.8. The van der Waals surface area contributed by atoms with Crippen LogP contribution in [0.1, 0.15) is 40.1 Å². The summed E-state index contributed by atoms with van der Waals surface area (Å²) in [5, 5.41) is 1.12. The summed E-state index contributed by atoms with van der Waals surface area (Å²) in [5.41, 5.74) is 9.80. The maximum absolute atomic E-state index is 9.62. The predicted octanol–water partition coefficient (Wildman–Crippen LogP) is 15.9. The lowest BCUT2D eigenvalue weighted by Crippen LogP contribution is -2.25. The highest BCUT2D eigenvalue weighted by Crippen LogP contribution is 2.51. The van der Waals surface area contributed by atoms with Crippen LogP contribution in [0.3, 0.4) is 0 Å². The van der Waals surface area contributed by atoms with E-state index in [1.165, 1.54) is 6.07 Å². The smallest absolute Gasteiger partial charge is 0.137 e. The molecule has 0 atom stereocenters. The highest BCUT2D eigenvalue weighted by molar-refractivity contribution is 6.10. The summed E-state index contributed by atoms with van der Waals surface area (Å²) in [6.45, 7) is 3.72. The van der Waals surface area contributed by atoms with Gasteiger partial charge in [0.05, 0.1) is 32.2 Å². The molecule has 0 N–H and O–H groups in total. The van der Waals surface area contributed by atoms with Crippen LogP contribution in [0.25, 0.3) is 61.0 Å². The third kappa shape index (κ3) is 6.68. The zero-order valence-electron chi connectivity index (χ0n) is 42.1. The monoisotopic (exact) mass is 848 g/mol. The van der Waals surface area contributed by atoms with Gasteiger partial charge in [0, 0.05) is 55.6 Å². The van der Waals surface area contributed by atoms with E-state index in [0.717, 1.165) is 45.0 Å². The average molecular weight is 849 g/mol. The van der Waals surface area contributed by atoms with Crippen LogP contribution < -0.4 is 19.3 Å². The minimum Gasteiger partial charge on any atom is -0.457 e. The van der Waals surface area contributed by atoms with Crippen LogP contribution in [0.2, 0.25) is 0 Å². The summed E-state index contributed by atoms with van der Waals surface area (Å²) in [6, 6.07) is 55.7. The lowest BCUT2D eigenvalue weighted by atomic mass is 9.86. The zero-order chi connectivity index (χ0) is 48.9. The van der Waals surface area contributed by atoms with Gasteiger partial charge in [-0.05, 0) is 119 Å². The van der Waals surface area contributed by atoms with Gasteiger partial charge in [0.1, 0.15) is 35.5 Å². The standard InChI is InChI=1S/C59H46N4O2/c1-38-30-57-60-36-52(38)41-17-11-20-45(32-41)64-44-19-10-16-40(31-44)49-23-13-22-48(39-14-6-5-7-15-39)58(49)62-37-61(54-24-8-9-25-55(54)62)43-18-12-21-46(34-43)65-47-27-28-50-51-33-42(59(2,3)4)26-29-53(51)63(57)56(50)35-47/h5-36H,37H2,1-4H3/i1D3,26D,29D,33D. The molecule has 0 fully saturated rings. The molecule has 12 bridgehead atoms. The number of ether oxygens (including phenoxy) is 2. The molecule has 2 aromatic heterocycles. The largest absolute Gasteiger partial charge is 0.457 e. The van der Waals surface area contributed by atoms with Crippen molar-refractivity contribution in [3.63, 3.8) is 0 Å². The van der Waals surface area contributed by atoms with E-state index in [0.29, 0.717) is 62.6 Å². The molecular formula is C59H46N4O2. The number of benzene rings is 8. The maximum atomic E-state index is 9.62.